The Bertz CT molecular complexity index is 374. The van der Waals surface area contributed by atoms with Gasteiger partial charge in [-0.15, -0.1) is 0 Å². The molecule has 0 saturated carbocycles. The van der Waals surface area contributed by atoms with Gasteiger partial charge in [0.15, 0.2) is 0 Å². The van der Waals surface area contributed by atoms with Crippen molar-refractivity contribution in [3.8, 4) is 6.07 Å². The molecule has 3 heteroatoms. The van der Waals surface area contributed by atoms with Crippen molar-refractivity contribution in [2.75, 3.05) is 25.1 Å². The van der Waals surface area contributed by atoms with Crippen molar-refractivity contribution >= 4 is 5.69 Å². The standard InChI is InChI=1S/C14H18N2O/c15-8-7-12-3-5-14(6-4-12)16-10-13-2-1-9-17-11-13/h3-6,13,16H,1-2,7,9-11H2. The van der Waals surface area contributed by atoms with Crippen LogP contribution in [0.4, 0.5) is 5.69 Å². The summed E-state index contributed by atoms with van der Waals surface area (Å²) in [4.78, 5) is 0. The number of benzene rings is 1. The van der Waals surface area contributed by atoms with Crippen molar-refractivity contribution < 1.29 is 4.74 Å². The van der Waals surface area contributed by atoms with Crippen molar-refractivity contribution in [3.63, 3.8) is 0 Å². The van der Waals surface area contributed by atoms with Crippen LogP contribution in [0.3, 0.4) is 0 Å². The summed E-state index contributed by atoms with van der Waals surface area (Å²) in [7, 11) is 0. The van der Waals surface area contributed by atoms with Gasteiger partial charge < -0.3 is 10.1 Å². The summed E-state index contributed by atoms with van der Waals surface area (Å²) in [5.41, 5.74) is 2.19. The van der Waals surface area contributed by atoms with Crippen LogP contribution in [0, 0.1) is 17.2 Å². The molecule has 0 radical (unpaired) electrons. The van der Waals surface area contributed by atoms with E-state index in [9.17, 15) is 0 Å². The highest BCUT2D eigenvalue weighted by atomic mass is 16.5. The van der Waals surface area contributed by atoms with E-state index in [0.717, 1.165) is 31.0 Å². The number of nitriles is 1. The third kappa shape index (κ3) is 3.76. The molecule has 1 unspecified atom stereocenters. The van der Waals surface area contributed by atoms with Gasteiger partial charge in [-0.1, -0.05) is 12.1 Å². The molecule has 1 N–H and O–H groups in total. The van der Waals surface area contributed by atoms with Gasteiger partial charge in [0.25, 0.3) is 0 Å². The fraction of sp³-hybridized carbons (Fsp3) is 0.500. The molecule has 0 spiro atoms. The van der Waals surface area contributed by atoms with E-state index in [1.807, 2.05) is 24.3 Å². The number of nitrogens with one attached hydrogen (secondary N) is 1. The average molecular weight is 230 g/mol. The topological polar surface area (TPSA) is 45.0 Å². The van der Waals surface area contributed by atoms with Crippen LogP contribution in [0.1, 0.15) is 18.4 Å². The summed E-state index contributed by atoms with van der Waals surface area (Å²) in [6, 6.07) is 10.2. The summed E-state index contributed by atoms with van der Waals surface area (Å²) in [6.45, 7) is 2.76. The zero-order valence-corrected chi connectivity index (χ0v) is 9.98. The molecule has 3 nitrogen and oxygen atoms in total. The first-order chi connectivity index (χ1) is 8.38. The summed E-state index contributed by atoms with van der Waals surface area (Å²) < 4.78 is 5.45. The van der Waals surface area contributed by atoms with Crippen LogP contribution in [0.15, 0.2) is 24.3 Å². The number of hydrogen-bond acceptors (Lipinski definition) is 3. The highest BCUT2D eigenvalue weighted by Gasteiger charge is 2.13. The number of ether oxygens (including phenoxy) is 1. The van der Waals surface area contributed by atoms with Gasteiger partial charge in [-0.2, -0.15) is 5.26 Å². The molecule has 1 aromatic carbocycles. The van der Waals surface area contributed by atoms with Gasteiger partial charge in [-0.3, -0.25) is 0 Å². The van der Waals surface area contributed by atoms with Crippen molar-refractivity contribution in [3.05, 3.63) is 29.8 Å². The molecule has 17 heavy (non-hydrogen) atoms. The Balaban J connectivity index is 1.80. The molecule has 0 aliphatic carbocycles. The molecule has 1 aliphatic heterocycles. The van der Waals surface area contributed by atoms with Crippen LogP contribution in [0.25, 0.3) is 0 Å². The highest BCUT2D eigenvalue weighted by Crippen LogP contribution is 2.15. The first-order valence-electron chi connectivity index (χ1n) is 6.16. The van der Waals surface area contributed by atoms with Crippen LogP contribution in [-0.4, -0.2) is 19.8 Å². The molecule has 1 atom stereocenters. The SMILES string of the molecule is N#CCc1ccc(NCC2CCCOC2)cc1. The predicted molar refractivity (Wildman–Crippen MR) is 67.8 cm³/mol. The van der Waals surface area contributed by atoms with Gasteiger partial charge in [-0.05, 0) is 36.5 Å². The Morgan fingerprint density at radius 2 is 2.18 bits per heavy atom. The van der Waals surface area contributed by atoms with E-state index in [0.29, 0.717) is 12.3 Å². The summed E-state index contributed by atoms with van der Waals surface area (Å²) in [5, 5.41) is 12.0. The molecule has 1 heterocycles. The van der Waals surface area contributed by atoms with Crippen molar-refractivity contribution in [2.24, 2.45) is 5.92 Å². The third-order valence-electron chi connectivity index (χ3n) is 3.09. The zero-order chi connectivity index (χ0) is 11.9. The van der Waals surface area contributed by atoms with Gasteiger partial charge in [0.1, 0.15) is 0 Å². The van der Waals surface area contributed by atoms with E-state index < -0.39 is 0 Å². The second-order valence-corrected chi connectivity index (χ2v) is 4.50. The van der Waals surface area contributed by atoms with E-state index >= 15 is 0 Å². The molecule has 1 aliphatic rings. The van der Waals surface area contributed by atoms with Crippen molar-refractivity contribution in [1.29, 1.82) is 5.26 Å². The van der Waals surface area contributed by atoms with Crippen LogP contribution >= 0.6 is 0 Å². The molecule has 1 fully saturated rings. The van der Waals surface area contributed by atoms with E-state index in [1.54, 1.807) is 0 Å². The smallest absolute Gasteiger partial charge is 0.0669 e. The quantitative estimate of drug-likeness (QED) is 0.864. The number of hydrogen-bond donors (Lipinski definition) is 1. The molecule has 1 aromatic rings. The molecule has 1 saturated heterocycles. The fourth-order valence-electron chi connectivity index (χ4n) is 2.06. The Morgan fingerprint density at radius 1 is 1.35 bits per heavy atom. The molecule has 2 rings (SSSR count). The van der Waals surface area contributed by atoms with Gasteiger partial charge in [-0.25, -0.2) is 0 Å². The fourth-order valence-corrected chi connectivity index (χ4v) is 2.06. The lowest BCUT2D eigenvalue weighted by Crippen LogP contribution is -2.24. The second-order valence-electron chi connectivity index (χ2n) is 4.50. The van der Waals surface area contributed by atoms with Gasteiger partial charge in [0.2, 0.25) is 0 Å². The normalized spacial score (nSPS) is 19.6. The zero-order valence-electron chi connectivity index (χ0n) is 9.98. The monoisotopic (exact) mass is 230 g/mol. The summed E-state index contributed by atoms with van der Waals surface area (Å²) >= 11 is 0. The molecular weight excluding hydrogens is 212 g/mol. The Labute approximate surface area is 102 Å². The highest BCUT2D eigenvalue weighted by molar-refractivity contribution is 5.45. The van der Waals surface area contributed by atoms with Crippen LogP contribution in [0.2, 0.25) is 0 Å². The van der Waals surface area contributed by atoms with E-state index in [4.69, 9.17) is 10.00 Å². The maximum atomic E-state index is 8.58. The third-order valence-corrected chi connectivity index (χ3v) is 3.09. The maximum Gasteiger partial charge on any atom is 0.0669 e. The maximum absolute atomic E-state index is 8.58. The van der Waals surface area contributed by atoms with Crippen molar-refractivity contribution in [2.45, 2.75) is 19.3 Å². The largest absolute Gasteiger partial charge is 0.385 e. The lowest BCUT2D eigenvalue weighted by atomic mass is 10.0. The minimum Gasteiger partial charge on any atom is -0.385 e. The molecule has 0 aromatic heterocycles. The lowest BCUT2D eigenvalue weighted by molar-refractivity contribution is 0.0595. The van der Waals surface area contributed by atoms with Gasteiger partial charge in [0.05, 0.1) is 19.1 Å². The number of nitrogens with zero attached hydrogens (tertiary/aromatic N) is 1. The minimum absolute atomic E-state index is 0.483. The van der Waals surface area contributed by atoms with E-state index in [2.05, 4.69) is 11.4 Å². The van der Waals surface area contributed by atoms with Crippen LogP contribution in [-0.2, 0) is 11.2 Å². The van der Waals surface area contributed by atoms with E-state index in [-0.39, 0.29) is 0 Å². The number of rotatable bonds is 4. The summed E-state index contributed by atoms with van der Waals surface area (Å²) in [6.07, 6.45) is 2.91. The average Bonchev–Trinajstić information content (AvgIpc) is 2.40. The minimum atomic E-state index is 0.483. The Morgan fingerprint density at radius 3 is 2.82 bits per heavy atom. The van der Waals surface area contributed by atoms with Gasteiger partial charge in [0, 0.05) is 18.8 Å². The first kappa shape index (κ1) is 11.9. The second kappa shape index (κ2) is 6.27. The van der Waals surface area contributed by atoms with Crippen LogP contribution in [0.5, 0.6) is 0 Å². The van der Waals surface area contributed by atoms with Crippen LogP contribution < -0.4 is 5.32 Å². The lowest BCUT2D eigenvalue weighted by Gasteiger charge is -2.22. The molecular formula is C14H18N2O. The van der Waals surface area contributed by atoms with Crippen molar-refractivity contribution in [1.82, 2.24) is 0 Å². The molecule has 90 valence electrons. The van der Waals surface area contributed by atoms with E-state index in [1.165, 1.54) is 12.8 Å². The summed E-state index contributed by atoms with van der Waals surface area (Å²) in [5.74, 6) is 0.627. The number of anilines is 1. The van der Waals surface area contributed by atoms with Gasteiger partial charge >= 0.3 is 0 Å². The Hall–Kier alpha value is -1.53. The predicted octanol–water partition coefficient (Wildman–Crippen LogP) is 2.59. The molecule has 0 bridgehead atoms. The molecule has 0 amide bonds. The Kier molecular flexibility index (Phi) is 4.40. The first-order valence-corrected chi connectivity index (χ1v) is 6.16.